The Morgan fingerprint density at radius 3 is 2.28 bits per heavy atom. The number of carbonyl (C=O) groups excluding carboxylic acids is 3. The molecule has 0 amide bonds. The number of hydrogen-bond acceptors (Lipinski definition) is 5. The molecule has 0 aromatic carbocycles. The number of hydrogen-bond donors (Lipinski definition) is 0. The highest BCUT2D eigenvalue weighted by molar-refractivity contribution is 5.87. The summed E-state index contributed by atoms with van der Waals surface area (Å²) in [7, 11) is 0. The van der Waals surface area contributed by atoms with E-state index in [9.17, 15) is 14.4 Å². The molecule has 0 heterocycles. The zero-order chi connectivity index (χ0) is 19.0. The summed E-state index contributed by atoms with van der Waals surface area (Å²) in [5.41, 5.74) is -0.460. The molecule has 2 aliphatic rings. The van der Waals surface area contributed by atoms with Crippen molar-refractivity contribution in [3.63, 3.8) is 0 Å². The molecule has 0 N–H and O–H groups in total. The highest BCUT2D eigenvalue weighted by Gasteiger charge is 2.61. The van der Waals surface area contributed by atoms with Crippen LogP contribution in [0.25, 0.3) is 0 Å². The maximum Gasteiger partial charge on any atom is 0.333 e. The van der Waals surface area contributed by atoms with E-state index in [1.165, 1.54) is 6.92 Å². The summed E-state index contributed by atoms with van der Waals surface area (Å²) in [6.07, 6.45) is 4.17. The lowest BCUT2D eigenvalue weighted by atomic mass is 9.61. The molecule has 5 heteroatoms. The Kier molecular flexibility index (Phi) is 5.45. The minimum absolute atomic E-state index is 0.00439. The Hall–Kier alpha value is -1.65. The molecule has 0 aliphatic heterocycles. The van der Waals surface area contributed by atoms with Crippen LogP contribution >= 0.6 is 0 Å². The second kappa shape index (κ2) is 6.93. The molecular weight excluding hydrogens is 320 g/mol. The van der Waals surface area contributed by atoms with Gasteiger partial charge in [-0.05, 0) is 58.8 Å². The number of ether oxygens (including phenoxy) is 2. The molecule has 0 aromatic heterocycles. The first-order valence-electron chi connectivity index (χ1n) is 9.07. The second-order valence-corrected chi connectivity index (χ2v) is 8.14. The summed E-state index contributed by atoms with van der Waals surface area (Å²) in [6, 6.07) is 0. The first-order valence-corrected chi connectivity index (χ1v) is 9.07. The third-order valence-corrected chi connectivity index (χ3v) is 6.33. The van der Waals surface area contributed by atoms with E-state index >= 15 is 0 Å². The van der Waals surface area contributed by atoms with Crippen LogP contribution in [0, 0.1) is 17.3 Å². The van der Waals surface area contributed by atoms with Crippen molar-refractivity contribution in [1.29, 1.82) is 0 Å². The molecule has 25 heavy (non-hydrogen) atoms. The first-order chi connectivity index (χ1) is 11.5. The maximum atomic E-state index is 12.3. The highest BCUT2D eigenvalue weighted by Crippen LogP contribution is 2.59. The lowest BCUT2D eigenvalue weighted by Gasteiger charge is -2.51. The summed E-state index contributed by atoms with van der Waals surface area (Å²) in [6.45, 7) is 10.5. The summed E-state index contributed by atoms with van der Waals surface area (Å²) in [5.74, 6) is -0.608. The lowest BCUT2D eigenvalue weighted by Crippen LogP contribution is -2.58. The van der Waals surface area contributed by atoms with Crippen molar-refractivity contribution in [2.24, 2.45) is 17.3 Å². The number of Topliss-reactive ketones (excluding diaryl/α,β-unsaturated/α-hetero) is 1. The van der Waals surface area contributed by atoms with E-state index in [0.29, 0.717) is 18.4 Å². The van der Waals surface area contributed by atoms with E-state index in [-0.39, 0.29) is 35.0 Å². The molecule has 5 nitrogen and oxygen atoms in total. The monoisotopic (exact) mass is 350 g/mol. The Morgan fingerprint density at radius 1 is 1.12 bits per heavy atom. The van der Waals surface area contributed by atoms with E-state index < -0.39 is 11.7 Å². The van der Waals surface area contributed by atoms with Gasteiger partial charge in [0.15, 0.2) is 0 Å². The molecule has 2 saturated carbocycles. The average Bonchev–Trinajstić information content (AvgIpc) is 2.88. The van der Waals surface area contributed by atoms with E-state index in [1.807, 2.05) is 6.92 Å². The van der Waals surface area contributed by atoms with E-state index in [1.54, 1.807) is 26.8 Å². The van der Waals surface area contributed by atoms with Gasteiger partial charge in [0.05, 0.1) is 0 Å². The Bertz CT molecular complexity index is 607. The minimum Gasteiger partial charge on any atom is -0.455 e. The zero-order valence-electron chi connectivity index (χ0n) is 16.2. The van der Waals surface area contributed by atoms with E-state index in [2.05, 4.69) is 6.92 Å². The fraction of sp³-hybridized carbons (Fsp3) is 0.750. The third kappa shape index (κ3) is 3.65. The van der Waals surface area contributed by atoms with Crippen LogP contribution in [0.4, 0.5) is 0 Å². The van der Waals surface area contributed by atoms with Gasteiger partial charge >= 0.3 is 11.9 Å². The largest absolute Gasteiger partial charge is 0.455 e. The molecule has 0 radical (unpaired) electrons. The molecule has 5 atom stereocenters. The van der Waals surface area contributed by atoms with Crippen LogP contribution in [0.3, 0.4) is 0 Å². The van der Waals surface area contributed by atoms with Gasteiger partial charge < -0.3 is 9.47 Å². The maximum absolute atomic E-state index is 12.3. The second-order valence-electron chi connectivity index (χ2n) is 8.14. The number of ketones is 1. The van der Waals surface area contributed by atoms with Gasteiger partial charge in [-0.25, -0.2) is 4.79 Å². The molecule has 0 unspecified atom stereocenters. The van der Waals surface area contributed by atoms with Gasteiger partial charge in [-0.15, -0.1) is 0 Å². The van der Waals surface area contributed by atoms with Gasteiger partial charge in [0.25, 0.3) is 0 Å². The van der Waals surface area contributed by atoms with Crippen molar-refractivity contribution < 1.29 is 23.9 Å². The Balaban J connectivity index is 2.35. The number of esters is 2. The molecule has 0 saturated heterocycles. The average molecular weight is 350 g/mol. The number of allylic oxidation sites excluding steroid dienone is 1. The van der Waals surface area contributed by atoms with Crippen LogP contribution in [0.5, 0.6) is 0 Å². The van der Waals surface area contributed by atoms with Crippen molar-refractivity contribution in [2.75, 3.05) is 0 Å². The van der Waals surface area contributed by atoms with Crippen molar-refractivity contribution in [3.05, 3.63) is 11.6 Å². The van der Waals surface area contributed by atoms with E-state index in [4.69, 9.17) is 9.47 Å². The number of rotatable bonds is 4. The summed E-state index contributed by atoms with van der Waals surface area (Å²) in [4.78, 5) is 36.0. The third-order valence-electron chi connectivity index (χ3n) is 6.33. The smallest absolute Gasteiger partial charge is 0.333 e. The molecule has 0 spiro atoms. The fourth-order valence-electron chi connectivity index (χ4n) is 4.80. The fourth-order valence-corrected chi connectivity index (χ4v) is 4.80. The molecule has 0 aromatic rings. The molecule has 2 rings (SSSR count). The van der Waals surface area contributed by atoms with E-state index in [0.717, 1.165) is 12.8 Å². The van der Waals surface area contributed by atoms with Gasteiger partial charge in [-0.2, -0.15) is 0 Å². The SMILES string of the molecule is C/C=C(/C)C(=O)O[C@H]1CC[C@]2(C)C[C@@H](C(C)=O)C[C@H]2[C@]1(C)OC(C)=O. The topological polar surface area (TPSA) is 69.7 Å². The summed E-state index contributed by atoms with van der Waals surface area (Å²) >= 11 is 0. The predicted molar refractivity (Wildman–Crippen MR) is 93.7 cm³/mol. The van der Waals surface area contributed by atoms with Gasteiger partial charge in [0, 0.05) is 24.3 Å². The standard InChI is InChI=1S/C20H30O5/c1-7-12(2)18(23)24-17-8-9-19(5)11-15(13(3)21)10-16(19)20(17,6)25-14(4)22/h7,15-17H,8-11H2,1-6H3/b12-7-/t15-,16+,17-,19+,20-/m0/s1. The number of carbonyl (C=O) groups is 3. The molecule has 0 bridgehead atoms. The lowest BCUT2D eigenvalue weighted by molar-refractivity contribution is -0.210. The van der Waals surface area contributed by atoms with Gasteiger partial charge in [-0.1, -0.05) is 13.0 Å². The predicted octanol–water partition coefficient (Wildman–Crippen LogP) is 3.60. The van der Waals surface area contributed by atoms with Gasteiger partial charge in [0.2, 0.25) is 0 Å². The van der Waals surface area contributed by atoms with Crippen molar-refractivity contribution in [1.82, 2.24) is 0 Å². The van der Waals surface area contributed by atoms with Crippen molar-refractivity contribution >= 4 is 17.7 Å². The molecule has 2 aliphatic carbocycles. The Labute approximate surface area is 150 Å². The minimum atomic E-state index is -0.910. The highest BCUT2D eigenvalue weighted by atomic mass is 16.6. The number of fused-ring (bicyclic) bond motifs is 1. The van der Waals surface area contributed by atoms with Crippen LogP contribution in [-0.2, 0) is 23.9 Å². The zero-order valence-corrected chi connectivity index (χ0v) is 16.2. The Morgan fingerprint density at radius 2 is 1.76 bits per heavy atom. The summed E-state index contributed by atoms with van der Waals surface area (Å²) < 4.78 is 11.5. The molecule has 140 valence electrons. The summed E-state index contributed by atoms with van der Waals surface area (Å²) in [5, 5.41) is 0. The van der Waals surface area contributed by atoms with Gasteiger partial charge in [0.1, 0.15) is 17.5 Å². The van der Waals surface area contributed by atoms with Crippen LogP contribution in [0.15, 0.2) is 11.6 Å². The van der Waals surface area contributed by atoms with Crippen molar-refractivity contribution in [2.45, 2.75) is 78.9 Å². The van der Waals surface area contributed by atoms with Crippen LogP contribution in [-0.4, -0.2) is 29.4 Å². The van der Waals surface area contributed by atoms with Crippen molar-refractivity contribution in [3.8, 4) is 0 Å². The van der Waals surface area contributed by atoms with Crippen LogP contribution < -0.4 is 0 Å². The first kappa shape index (κ1) is 19.7. The molecule has 2 fully saturated rings. The normalized spacial score (nSPS) is 38.0. The van der Waals surface area contributed by atoms with Crippen LogP contribution in [0.1, 0.15) is 67.2 Å². The van der Waals surface area contributed by atoms with Gasteiger partial charge in [-0.3, -0.25) is 9.59 Å². The molecular formula is C20H30O5. The van der Waals surface area contributed by atoms with Crippen LogP contribution in [0.2, 0.25) is 0 Å². The quantitative estimate of drug-likeness (QED) is 0.572.